The third-order valence-electron chi connectivity index (χ3n) is 10.1. The van der Waals surface area contributed by atoms with Crippen LogP contribution in [-0.4, -0.2) is 112 Å². The van der Waals surface area contributed by atoms with Crippen LogP contribution in [0, 0.1) is 0 Å². The third-order valence-corrected chi connectivity index (χ3v) is 10.1. The number of aromatic nitrogens is 2. The van der Waals surface area contributed by atoms with E-state index in [9.17, 15) is 14.4 Å². The van der Waals surface area contributed by atoms with Crippen LogP contribution in [0.1, 0.15) is 61.5 Å². The quantitative estimate of drug-likeness (QED) is 0.355. The normalized spacial score (nSPS) is 25.5. The van der Waals surface area contributed by atoms with Crippen molar-refractivity contribution in [3.05, 3.63) is 41.7 Å². The number of anilines is 3. The first-order valence-corrected chi connectivity index (χ1v) is 15.6. The maximum Gasteiger partial charge on any atom is 0.404 e. The molecule has 13 heteroatoms. The van der Waals surface area contributed by atoms with Gasteiger partial charge in [-0.15, -0.1) is 0 Å². The zero-order valence-electron chi connectivity index (χ0n) is 25.5. The van der Waals surface area contributed by atoms with Crippen LogP contribution >= 0.6 is 0 Å². The molecule has 4 aliphatic rings. The number of piperidine rings is 2. The number of amides is 4. The number of urea groups is 1. The molecule has 3 aliphatic heterocycles. The molecule has 4 fully saturated rings. The maximum absolute atomic E-state index is 12.6. The van der Waals surface area contributed by atoms with Crippen molar-refractivity contribution in [2.24, 2.45) is 5.73 Å². The lowest BCUT2D eigenvalue weighted by molar-refractivity contribution is 0.0569. The van der Waals surface area contributed by atoms with Gasteiger partial charge in [-0.3, -0.25) is 4.79 Å². The van der Waals surface area contributed by atoms with Crippen molar-refractivity contribution in [2.75, 3.05) is 56.5 Å². The Hall–Kier alpha value is -4.13. The monoisotopic (exact) mass is 605 g/mol. The van der Waals surface area contributed by atoms with Crippen LogP contribution in [-0.2, 0) is 5.41 Å². The molecule has 1 aliphatic carbocycles. The van der Waals surface area contributed by atoms with Gasteiger partial charge >= 0.3 is 12.1 Å². The van der Waals surface area contributed by atoms with Crippen LogP contribution in [0.15, 0.2) is 30.5 Å². The highest BCUT2D eigenvalue weighted by Crippen LogP contribution is 2.38. The van der Waals surface area contributed by atoms with E-state index in [4.69, 9.17) is 15.8 Å². The standard InChI is InChI=1S/C31H43N9O4/c1-31(9-12-38(13-10-31)24-16-22(17-24)35-29(42)43)20-5-7-21(8-6-20)34-28-26(27(32)41)33-18-25(36-28)39-11-3-4-23(19-39)40-15-14-37(2)30(40)44/h5-8,18,22-24,35H,3-4,9-17,19H2,1-2H3,(H2,32,41)(H,34,36)(H,42,43). The van der Waals surface area contributed by atoms with Gasteiger partial charge in [0.2, 0.25) is 0 Å². The molecule has 2 aromatic rings. The number of primary amides is 1. The Balaban J connectivity index is 1.10. The van der Waals surface area contributed by atoms with Gasteiger partial charge in [0.1, 0.15) is 5.82 Å². The summed E-state index contributed by atoms with van der Waals surface area (Å²) in [7, 11) is 1.83. The smallest absolute Gasteiger partial charge is 0.404 e. The topological polar surface area (TPSA) is 160 Å². The van der Waals surface area contributed by atoms with Crippen LogP contribution in [0.5, 0.6) is 0 Å². The third kappa shape index (κ3) is 6.10. The number of carbonyl (C=O) groups excluding carboxylic acids is 2. The minimum Gasteiger partial charge on any atom is -0.465 e. The van der Waals surface area contributed by atoms with Crippen LogP contribution in [0.25, 0.3) is 0 Å². The Bertz CT molecular complexity index is 1390. The number of carbonyl (C=O) groups is 3. The number of carboxylic acid groups (broad SMARTS) is 1. The van der Waals surface area contributed by atoms with E-state index in [0.717, 1.165) is 76.9 Å². The molecule has 1 saturated carbocycles. The fourth-order valence-corrected chi connectivity index (χ4v) is 7.17. The van der Waals surface area contributed by atoms with Crippen molar-refractivity contribution < 1.29 is 19.5 Å². The summed E-state index contributed by atoms with van der Waals surface area (Å²) >= 11 is 0. The van der Waals surface area contributed by atoms with Crippen LogP contribution in [0.2, 0.25) is 0 Å². The Morgan fingerprint density at radius 3 is 2.41 bits per heavy atom. The Morgan fingerprint density at radius 1 is 1.05 bits per heavy atom. The summed E-state index contributed by atoms with van der Waals surface area (Å²) in [5.74, 6) is 0.313. The first-order chi connectivity index (χ1) is 21.1. The first kappa shape index (κ1) is 29.9. The molecule has 6 rings (SSSR count). The van der Waals surface area contributed by atoms with Gasteiger partial charge in [0, 0.05) is 51.0 Å². The van der Waals surface area contributed by atoms with E-state index in [2.05, 4.69) is 44.5 Å². The second-order valence-corrected chi connectivity index (χ2v) is 13.0. The minimum absolute atomic E-state index is 0.0476. The predicted octanol–water partition coefficient (Wildman–Crippen LogP) is 2.81. The first-order valence-electron chi connectivity index (χ1n) is 15.6. The number of likely N-dealkylation sites (tertiary alicyclic amines) is 1. The lowest BCUT2D eigenvalue weighted by Gasteiger charge is -2.48. The van der Waals surface area contributed by atoms with Gasteiger partial charge in [-0.1, -0.05) is 19.1 Å². The zero-order valence-corrected chi connectivity index (χ0v) is 25.5. The Labute approximate surface area is 257 Å². The molecular weight excluding hydrogens is 562 g/mol. The van der Waals surface area contributed by atoms with Crippen molar-refractivity contribution in [3.63, 3.8) is 0 Å². The van der Waals surface area contributed by atoms with Gasteiger partial charge in [0.05, 0.1) is 12.2 Å². The molecule has 4 amide bonds. The van der Waals surface area contributed by atoms with Crippen LogP contribution in [0.4, 0.5) is 26.9 Å². The number of hydrogen-bond donors (Lipinski definition) is 4. The summed E-state index contributed by atoms with van der Waals surface area (Å²) in [6.45, 7) is 7.21. The highest BCUT2D eigenvalue weighted by atomic mass is 16.4. The number of benzene rings is 1. The van der Waals surface area contributed by atoms with Gasteiger partial charge in [-0.05, 0) is 74.7 Å². The summed E-state index contributed by atoms with van der Waals surface area (Å²) in [5, 5.41) is 14.8. The molecule has 5 N–H and O–H groups in total. The summed E-state index contributed by atoms with van der Waals surface area (Å²) < 4.78 is 0. The molecule has 0 spiro atoms. The SMILES string of the molecule is CN1CCN(C2CCCN(c3cnc(C(N)=O)c(Nc4ccc(C5(C)CCN(C6CC(NC(=O)O)C6)CC5)cc4)n3)C2)C1=O. The highest BCUT2D eigenvalue weighted by molar-refractivity contribution is 5.96. The molecule has 1 aromatic carbocycles. The van der Waals surface area contributed by atoms with Crippen molar-refractivity contribution >= 4 is 35.4 Å². The molecule has 4 heterocycles. The van der Waals surface area contributed by atoms with Crippen molar-refractivity contribution in [3.8, 4) is 0 Å². The van der Waals surface area contributed by atoms with Gasteiger partial charge in [0.25, 0.3) is 5.91 Å². The molecule has 1 atom stereocenters. The largest absolute Gasteiger partial charge is 0.465 e. The fourth-order valence-electron chi connectivity index (χ4n) is 7.17. The molecule has 44 heavy (non-hydrogen) atoms. The molecule has 0 bridgehead atoms. The van der Waals surface area contributed by atoms with Gasteiger partial charge in [-0.25, -0.2) is 19.6 Å². The van der Waals surface area contributed by atoms with E-state index in [-0.39, 0.29) is 29.2 Å². The molecule has 13 nitrogen and oxygen atoms in total. The highest BCUT2D eigenvalue weighted by Gasteiger charge is 2.39. The zero-order chi connectivity index (χ0) is 31.0. The summed E-state index contributed by atoms with van der Waals surface area (Å²) in [6.07, 6.45) is 6.36. The molecule has 236 valence electrons. The number of hydrogen-bond acceptors (Lipinski definition) is 8. The number of nitrogens with two attached hydrogens (primary N) is 1. The van der Waals surface area contributed by atoms with Crippen molar-refractivity contribution in [2.45, 2.75) is 69.0 Å². The van der Waals surface area contributed by atoms with Gasteiger partial charge in [-0.2, -0.15) is 0 Å². The average molecular weight is 606 g/mol. The second-order valence-electron chi connectivity index (χ2n) is 13.0. The van der Waals surface area contributed by atoms with E-state index < -0.39 is 12.0 Å². The second kappa shape index (κ2) is 12.1. The number of nitrogens with one attached hydrogen (secondary N) is 2. The minimum atomic E-state index is -0.941. The molecule has 0 radical (unpaired) electrons. The number of rotatable bonds is 8. The van der Waals surface area contributed by atoms with Crippen molar-refractivity contribution in [1.82, 2.24) is 30.0 Å². The molecule has 3 saturated heterocycles. The fraction of sp³-hybridized carbons (Fsp3) is 0.581. The number of nitrogens with zero attached hydrogens (tertiary/aromatic N) is 6. The lowest BCUT2D eigenvalue weighted by Crippen LogP contribution is -2.56. The van der Waals surface area contributed by atoms with E-state index in [1.807, 2.05) is 24.1 Å². The van der Waals surface area contributed by atoms with E-state index in [0.29, 0.717) is 24.2 Å². The lowest BCUT2D eigenvalue weighted by atomic mass is 9.73. The average Bonchev–Trinajstić information content (AvgIpc) is 3.33. The van der Waals surface area contributed by atoms with E-state index >= 15 is 0 Å². The Morgan fingerprint density at radius 2 is 1.77 bits per heavy atom. The molecule has 1 aromatic heterocycles. The van der Waals surface area contributed by atoms with Crippen molar-refractivity contribution in [1.29, 1.82) is 0 Å². The molecular formula is C31H43N9O4. The predicted molar refractivity (Wildman–Crippen MR) is 166 cm³/mol. The van der Waals surface area contributed by atoms with E-state index in [1.165, 1.54) is 5.56 Å². The summed E-state index contributed by atoms with van der Waals surface area (Å²) in [5.41, 5.74) is 7.85. The van der Waals surface area contributed by atoms with E-state index in [1.54, 1.807) is 11.1 Å². The maximum atomic E-state index is 12.6. The van der Waals surface area contributed by atoms with Gasteiger partial charge < -0.3 is 41.1 Å². The molecule has 1 unspecified atom stereocenters. The van der Waals surface area contributed by atoms with Crippen LogP contribution in [0.3, 0.4) is 0 Å². The van der Waals surface area contributed by atoms with Crippen LogP contribution < -0.4 is 21.3 Å². The number of likely N-dealkylation sites (N-methyl/N-ethyl adjacent to an activating group) is 1. The summed E-state index contributed by atoms with van der Waals surface area (Å²) in [6, 6.07) is 8.99. The summed E-state index contributed by atoms with van der Waals surface area (Å²) in [4.78, 5) is 53.2. The Kier molecular flexibility index (Phi) is 8.23. The van der Waals surface area contributed by atoms with Gasteiger partial charge in [0.15, 0.2) is 11.5 Å².